The average Bonchev–Trinajstić information content (AvgIpc) is 2.15. The van der Waals surface area contributed by atoms with E-state index in [2.05, 4.69) is 0 Å². The van der Waals surface area contributed by atoms with Crippen molar-refractivity contribution in [1.82, 2.24) is 0 Å². The Morgan fingerprint density at radius 2 is 2.31 bits per heavy atom. The molecule has 0 spiro atoms. The standard InChI is InChI=1S/C10H11FOS/c1-13-10-5-4-8(3-2-6-12)7-9(10)11/h4-7H,2-3H2,1H3. The highest BCUT2D eigenvalue weighted by atomic mass is 32.2. The summed E-state index contributed by atoms with van der Waals surface area (Å²) in [6.07, 6.45) is 3.76. The summed E-state index contributed by atoms with van der Waals surface area (Å²) in [5.74, 6) is -0.198. The molecule has 1 aromatic carbocycles. The molecule has 1 aromatic rings. The second-order valence-corrected chi connectivity index (χ2v) is 3.52. The van der Waals surface area contributed by atoms with Crippen LogP contribution in [0.25, 0.3) is 0 Å². The van der Waals surface area contributed by atoms with Crippen LogP contribution in [0.15, 0.2) is 23.1 Å². The Balaban J connectivity index is 2.76. The quantitative estimate of drug-likeness (QED) is 0.546. The van der Waals surface area contributed by atoms with E-state index in [4.69, 9.17) is 0 Å². The SMILES string of the molecule is CSc1ccc(CCC=O)cc1F. The van der Waals surface area contributed by atoms with Crippen LogP contribution in [-0.4, -0.2) is 12.5 Å². The molecule has 0 unspecified atom stereocenters. The molecule has 0 N–H and O–H groups in total. The van der Waals surface area contributed by atoms with E-state index in [1.54, 1.807) is 6.07 Å². The number of halogens is 1. The zero-order valence-electron chi connectivity index (χ0n) is 7.42. The third kappa shape index (κ3) is 2.84. The molecule has 0 aliphatic heterocycles. The summed E-state index contributed by atoms with van der Waals surface area (Å²) in [4.78, 5) is 10.7. The third-order valence-corrected chi connectivity index (χ3v) is 2.54. The highest BCUT2D eigenvalue weighted by Crippen LogP contribution is 2.20. The summed E-state index contributed by atoms with van der Waals surface area (Å²) in [6.45, 7) is 0. The van der Waals surface area contributed by atoms with E-state index in [-0.39, 0.29) is 5.82 Å². The lowest BCUT2D eigenvalue weighted by atomic mass is 10.1. The molecule has 0 aromatic heterocycles. The van der Waals surface area contributed by atoms with Gasteiger partial charge in [0.1, 0.15) is 12.1 Å². The van der Waals surface area contributed by atoms with E-state index in [1.165, 1.54) is 17.8 Å². The van der Waals surface area contributed by atoms with Crippen molar-refractivity contribution in [3.05, 3.63) is 29.6 Å². The number of hydrogen-bond donors (Lipinski definition) is 0. The van der Waals surface area contributed by atoms with Crippen molar-refractivity contribution < 1.29 is 9.18 Å². The Hall–Kier alpha value is -0.830. The Morgan fingerprint density at radius 1 is 1.54 bits per heavy atom. The largest absolute Gasteiger partial charge is 0.303 e. The van der Waals surface area contributed by atoms with Crippen LogP contribution < -0.4 is 0 Å². The number of aldehydes is 1. The van der Waals surface area contributed by atoms with Crippen LogP contribution in [-0.2, 0) is 11.2 Å². The van der Waals surface area contributed by atoms with Crippen molar-refractivity contribution in [2.45, 2.75) is 17.7 Å². The Kier molecular flexibility index (Phi) is 3.96. The molecule has 13 heavy (non-hydrogen) atoms. The van der Waals surface area contributed by atoms with E-state index in [0.29, 0.717) is 17.7 Å². The average molecular weight is 198 g/mol. The van der Waals surface area contributed by atoms with Gasteiger partial charge in [-0.3, -0.25) is 0 Å². The van der Waals surface area contributed by atoms with Crippen LogP contribution in [0.2, 0.25) is 0 Å². The molecule has 70 valence electrons. The Bertz CT molecular complexity index is 299. The summed E-state index contributed by atoms with van der Waals surface area (Å²) >= 11 is 1.38. The van der Waals surface area contributed by atoms with E-state index in [1.807, 2.05) is 12.3 Å². The van der Waals surface area contributed by atoms with Gasteiger partial charge in [-0.25, -0.2) is 4.39 Å². The first-order chi connectivity index (χ1) is 6.27. The lowest BCUT2D eigenvalue weighted by Crippen LogP contribution is -1.89. The normalized spacial score (nSPS) is 10.0. The second-order valence-electron chi connectivity index (χ2n) is 2.67. The minimum absolute atomic E-state index is 0.198. The van der Waals surface area contributed by atoms with Gasteiger partial charge in [0.05, 0.1) is 0 Å². The summed E-state index contributed by atoms with van der Waals surface area (Å²) in [7, 11) is 0. The topological polar surface area (TPSA) is 17.1 Å². The lowest BCUT2D eigenvalue weighted by Gasteiger charge is -2.01. The van der Waals surface area contributed by atoms with Gasteiger partial charge in [0, 0.05) is 11.3 Å². The number of hydrogen-bond acceptors (Lipinski definition) is 2. The Morgan fingerprint density at radius 3 is 2.85 bits per heavy atom. The van der Waals surface area contributed by atoms with E-state index >= 15 is 0 Å². The fraction of sp³-hybridized carbons (Fsp3) is 0.300. The van der Waals surface area contributed by atoms with Gasteiger partial charge >= 0.3 is 0 Å². The highest BCUT2D eigenvalue weighted by molar-refractivity contribution is 7.98. The van der Waals surface area contributed by atoms with E-state index in [9.17, 15) is 9.18 Å². The fourth-order valence-electron chi connectivity index (χ4n) is 1.09. The molecular weight excluding hydrogens is 187 g/mol. The summed E-state index contributed by atoms with van der Waals surface area (Å²) in [6, 6.07) is 5.11. The van der Waals surface area contributed by atoms with Crippen molar-refractivity contribution >= 4 is 18.0 Å². The first kappa shape index (κ1) is 10.3. The first-order valence-corrected chi connectivity index (χ1v) is 5.26. The van der Waals surface area contributed by atoms with Crippen molar-refractivity contribution in [3.63, 3.8) is 0 Å². The minimum Gasteiger partial charge on any atom is -0.303 e. The summed E-state index contributed by atoms with van der Waals surface area (Å²) in [5, 5.41) is 0. The van der Waals surface area contributed by atoms with Gasteiger partial charge in [0.2, 0.25) is 0 Å². The molecule has 0 fully saturated rings. The zero-order chi connectivity index (χ0) is 9.68. The molecule has 0 radical (unpaired) electrons. The van der Waals surface area contributed by atoms with Gasteiger partial charge in [-0.05, 0) is 30.4 Å². The molecule has 0 saturated heterocycles. The number of carbonyl (C=O) groups is 1. The maximum absolute atomic E-state index is 13.2. The molecular formula is C10H11FOS. The maximum atomic E-state index is 13.2. The predicted molar refractivity (Wildman–Crippen MR) is 52.6 cm³/mol. The molecule has 0 bridgehead atoms. The fourth-order valence-corrected chi connectivity index (χ4v) is 1.55. The molecule has 3 heteroatoms. The van der Waals surface area contributed by atoms with Crippen molar-refractivity contribution in [1.29, 1.82) is 0 Å². The molecule has 0 aliphatic rings. The molecule has 0 saturated carbocycles. The maximum Gasteiger partial charge on any atom is 0.137 e. The molecule has 1 rings (SSSR count). The third-order valence-electron chi connectivity index (χ3n) is 1.77. The predicted octanol–water partition coefficient (Wildman–Crippen LogP) is 2.68. The molecule has 0 amide bonds. The van der Waals surface area contributed by atoms with Crippen molar-refractivity contribution in [2.24, 2.45) is 0 Å². The van der Waals surface area contributed by atoms with Gasteiger partial charge in [-0.1, -0.05) is 6.07 Å². The van der Waals surface area contributed by atoms with Crippen molar-refractivity contribution in [3.8, 4) is 0 Å². The molecule has 0 atom stereocenters. The van der Waals surface area contributed by atoms with E-state index in [0.717, 1.165) is 11.8 Å². The number of carbonyl (C=O) groups excluding carboxylic acids is 1. The number of rotatable bonds is 4. The zero-order valence-corrected chi connectivity index (χ0v) is 8.23. The van der Waals surface area contributed by atoms with Crippen molar-refractivity contribution in [2.75, 3.05) is 6.26 Å². The van der Waals surface area contributed by atoms with Crippen LogP contribution in [0.3, 0.4) is 0 Å². The molecule has 0 heterocycles. The van der Waals surface area contributed by atoms with Gasteiger partial charge in [-0.15, -0.1) is 11.8 Å². The second kappa shape index (κ2) is 5.02. The summed E-state index contributed by atoms with van der Waals surface area (Å²) < 4.78 is 13.2. The monoisotopic (exact) mass is 198 g/mol. The van der Waals surface area contributed by atoms with Crippen LogP contribution in [0.1, 0.15) is 12.0 Å². The van der Waals surface area contributed by atoms with Gasteiger partial charge in [0.15, 0.2) is 0 Å². The number of thioether (sulfide) groups is 1. The highest BCUT2D eigenvalue weighted by Gasteiger charge is 2.01. The van der Waals surface area contributed by atoms with Crippen LogP contribution >= 0.6 is 11.8 Å². The van der Waals surface area contributed by atoms with Gasteiger partial charge in [0.25, 0.3) is 0 Å². The van der Waals surface area contributed by atoms with Crippen LogP contribution in [0.5, 0.6) is 0 Å². The lowest BCUT2D eigenvalue weighted by molar-refractivity contribution is -0.107. The molecule has 0 aliphatic carbocycles. The molecule has 1 nitrogen and oxygen atoms in total. The van der Waals surface area contributed by atoms with E-state index < -0.39 is 0 Å². The number of benzene rings is 1. The van der Waals surface area contributed by atoms with Gasteiger partial charge in [-0.2, -0.15) is 0 Å². The van der Waals surface area contributed by atoms with Crippen LogP contribution in [0, 0.1) is 5.82 Å². The first-order valence-electron chi connectivity index (χ1n) is 4.04. The smallest absolute Gasteiger partial charge is 0.137 e. The van der Waals surface area contributed by atoms with Gasteiger partial charge < -0.3 is 4.79 Å². The minimum atomic E-state index is -0.198. The number of aryl methyl sites for hydroxylation is 1. The Labute approximate surface area is 81.3 Å². The van der Waals surface area contributed by atoms with Crippen LogP contribution in [0.4, 0.5) is 4.39 Å². The summed E-state index contributed by atoms with van der Waals surface area (Å²) in [5.41, 5.74) is 0.877.